The molecule has 0 aliphatic rings. The van der Waals surface area contributed by atoms with E-state index in [-0.39, 0.29) is 5.75 Å². The Morgan fingerprint density at radius 3 is 2.56 bits per heavy atom. The number of rotatable bonds is 3. The maximum Gasteiger partial charge on any atom is 0.138 e. The minimum atomic E-state index is 0.213. The van der Waals surface area contributed by atoms with E-state index in [1.165, 1.54) is 0 Å². The fourth-order valence-corrected chi connectivity index (χ4v) is 1.49. The summed E-state index contributed by atoms with van der Waals surface area (Å²) in [6.07, 6.45) is 0. The molecule has 0 radical (unpaired) electrons. The summed E-state index contributed by atoms with van der Waals surface area (Å²) in [5.41, 5.74) is 8.09. The Kier molecular flexibility index (Phi) is 2.96. The van der Waals surface area contributed by atoms with Gasteiger partial charge in [0.1, 0.15) is 5.75 Å². The van der Waals surface area contributed by atoms with Gasteiger partial charge in [0.05, 0.1) is 5.69 Å². The highest BCUT2D eigenvalue weighted by Gasteiger charge is 2.00. The Morgan fingerprint density at radius 2 is 1.81 bits per heavy atom. The molecule has 0 amide bonds. The van der Waals surface area contributed by atoms with Crippen molar-refractivity contribution in [3.63, 3.8) is 0 Å². The zero-order valence-electron chi connectivity index (χ0n) is 8.85. The van der Waals surface area contributed by atoms with Crippen molar-refractivity contribution in [3.05, 3.63) is 54.1 Å². The summed E-state index contributed by atoms with van der Waals surface area (Å²) in [6.45, 7) is 0.665. The van der Waals surface area contributed by atoms with Gasteiger partial charge in [-0.05, 0) is 23.8 Å². The molecule has 2 rings (SSSR count). The van der Waals surface area contributed by atoms with Crippen LogP contribution in [0.1, 0.15) is 5.56 Å². The third kappa shape index (κ3) is 2.45. The molecule has 0 aliphatic carbocycles. The molecule has 0 saturated carbocycles. The zero-order chi connectivity index (χ0) is 11.4. The van der Waals surface area contributed by atoms with Crippen LogP contribution in [-0.2, 0) is 6.54 Å². The number of nitrogens with two attached hydrogens (primary N) is 1. The van der Waals surface area contributed by atoms with Crippen molar-refractivity contribution in [3.8, 4) is 5.75 Å². The molecule has 0 saturated heterocycles. The minimum absolute atomic E-state index is 0.213. The third-order valence-electron chi connectivity index (χ3n) is 2.35. The van der Waals surface area contributed by atoms with E-state index in [1.807, 2.05) is 30.3 Å². The molecule has 0 spiro atoms. The smallest absolute Gasteiger partial charge is 0.138 e. The minimum Gasteiger partial charge on any atom is -0.506 e. The highest BCUT2D eigenvalue weighted by molar-refractivity contribution is 5.62. The molecule has 2 aromatic rings. The van der Waals surface area contributed by atoms with E-state index >= 15 is 0 Å². The van der Waals surface area contributed by atoms with Crippen molar-refractivity contribution < 1.29 is 5.11 Å². The van der Waals surface area contributed by atoms with Crippen LogP contribution in [0.3, 0.4) is 0 Å². The van der Waals surface area contributed by atoms with E-state index in [9.17, 15) is 5.11 Å². The van der Waals surface area contributed by atoms with Gasteiger partial charge in [0.25, 0.3) is 0 Å². The van der Waals surface area contributed by atoms with E-state index < -0.39 is 0 Å². The second-order valence-corrected chi connectivity index (χ2v) is 3.62. The second-order valence-electron chi connectivity index (χ2n) is 3.62. The predicted octanol–water partition coefficient (Wildman–Crippen LogP) is 2.59. The van der Waals surface area contributed by atoms with Gasteiger partial charge in [-0.3, -0.25) is 0 Å². The summed E-state index contributed by atoms with van der Waals surface area (Å²) < 4.78 is 0. The van der Waals surface area contributed by atoms with Crippen LogP contribution in [0.2, 0.25) is 0 Å². The lowest BCUT2D eigenvalue weighted by Crippen LogP contribution is -2.00. The number of anilines is 2. The standard InChI is InChI=1S/C13H14N2O/c14-11-6-7-13(16)12(8-11)15-9-10-4-2-1-3-5-10/h1-8,15-16H,9,14H2. The Balaban J connectivity index is 2.08. The summed E-state index contributed by atoms with van der Waals surface area (Å²) in [5, 5.41) is 12.7. The Bertz CT molecular complexity index is 469. The van der Waals surface area contributed by atoms with Crippen LogP contribution < -0.4 is 11.1 Å². The first-order valence-corrected chi connectivity index (χ1v) is 5.12. The SMILES string of the molecule is Nc1ccc(O)c(NCc2ccccc2)c1. The highest BCUT2D eigenvalue weighted by atomic mass is 16.3. The summed E-state index contributed by atoms with van der Waals surface area (Å²) >= 11 is 0. The number of hydrogen-bond acceptors (Lipinski definition) is 3. The topological polar surface area (TPSA) is 58.3 Å². The van der Waals surface area contributed by atoms with E-state index in [0.717, 1.165) is 5.56 Å². The first kappa shape index (κ1) is 10.4. The van der Waals surface area contributed by atoms with Crippen LogP contribution in [0, 0.1) is 0 Å². The van der Waals surface area contributed by atoms with Gasteiger partial charge in [-0.25, -0.2) is 0 Å². The fourth-order valence-electron chi connectivity index (χ4n) is 1.49. The number of phenols is 1. The lowest BCUT2D eigenvalue weighted by atomic mass is 10.2. The molecule has 0 heterocycles. The summed E-state index contributed by atoms with van der Waals surface area (Å²) in [7, 11) is 0. The van der Waals surface area contributed by atoms with E-state index in [4.69, 9.17) is 5.73 Å². The molecule has 0 bridgehead atoms. The van der Waals surface area contributed by atoms with E-state index in [0.29, 0.717) is 17.9 Å². The molecule has 0 aliphatic heterocycles. The summed E-state index contributed by atoms with van der Waals surface area (Å²) in [4.78, 5) is 0. The average Bonchev–Trinajstić information content (AvgIpc) is 2.32. The monoisotopic (exact) mass is 214 g/mol. The Labute approximate surface area is 94.5 Å². The van der Waals surface area contributed by atoms with Crippen LogP contribution in [-0.4, -0.2) is 5.11 Å². The van der Waals surface area contributed by atoms with Gasteiger partial charge in [0.2, 0.25) is 0 Å². The molecule has 16 heavy (non-hydrogen) atoms. The Hall–Kier alpha value is -2.16. The quantitative estimate of drug-likeness (QED) is 0.418. The maximum absolute atomic E-state index is 9.59. The van der Waals surface area contributed by atoms with Gasteiger partial charge in [-0.2, -0.15) is 0 Å². The first-order valence-electron chi connectivity index (χ1n) is 5.12. The molecular formula is C13H14N2O. The van der Waals surface area contributed by atoms with Gasteiger partial charge in [0.15, 0.2) is 0 Å². The number of nitrogens with one attached hydrogen (secondary N) is 1. The summed E-state index contributed by atoms with van der Waals surface area (Å²) in [5.74, 6) is 0.213. The lowest BCUT2D eigenvalue weighted by molar-refractivity contribution is 0.477. The number of aromatic hydroxyl groups is 1. The Morgan fingerprint density at radius 1 is 1.06 bits per heavy atom. The van der Waals surface area contributed by atoms with Crippen LogP contribution >= 0.6 is 0 Å². The molecule has 3 nitrogen and oxygen atoms in total. The molecule has 82 valence electrons. The fraction of sp³-hybridized carbons (Fsp3) is 0.0769. The van der Waals surface area contributed by atoms with Crippen LogP contribution in [0.25, 0.3) is 0 Å². The molecular weight excluding hydrogens is 200 g/mol. The van der Waals surface area contributed by atoms with Crippen molar-refractivity contribution >= 4 is 11.4 Å². The van der Waals surface area contributed by atoms with Crippen molar-refractivity contribution in [2.75, 3.05) is 11.1 Å². The highest BCUT2D eigenvalue weighted by Crippen LogP contribution is 2.25. The van der Waals surface area contributed by atoms with Crippen LogP contribution in [0.15, 0.2) is 48.5 Å². The van der Waals surface area contributed by atoms with Gasteiger partial charge in [-0.1, -0.05) is 30.3 Å². The lowest BCUT2D eigenvalue weighted by Gasteiger charge is -2.09. The molecule has 0 atom stereocenters. The van der Waals surface area contributed by atoms with Crippen molar-refractivity contribution in [2.24, 2.45) is 0 Å². The number of phenolic OH excluding ortho intramolecular Hbond substituents is 1. The molecule has 2 aromatic carbocycles. The summed E-state index contributed by atoms with van der Waals surface area (Å²) in [6, 6.07) is 15.0. The van der Waals surface area contributed by atoms with Crippen molar-refractivity contribution in [2.45, 2.75) is 6.54 Å². The van der Waals surface area contributed by atoms with Gasteiger partial charge >= 0.3 is 0 Å². The largest absolute Gasteiger partial charge is 0.506 e. The second kappa shape index (κ2) is 4.57. The van der Waals surface area contributed by atoms with Crippen LogP contribution in [0.5, 0.6) is 5.75 Å². The maximum atomic E-state index is 9.59. The normalized spacial score (nSPS) is 10.0. The van der Waals surface area contributed by atoms with E-state index in [2.05, 4.69) is 5.32 Å². The number of hydrogen-bond donors (Lipinski definition) is 3. The van der Waals surface area contributed by atoms with Gasteiger partial charge in [-0.15, -0.1) is 0 Å². The molecule has 3 heteroatoms. The molecule has 0 unspecified atom stereocenters. The van der Waals surface area contributed by atoms with Crippen molar-refractivity contribution in [1.29, 1.82) is 0 Å². The number of nitrogen functional groups attached to an aromatic ring is 1. The first-order chi connectivity index (χ1) is 7.75. The predicted molar refractivity (Wildman–Crippen MR) is 66.3 cm³/mol. The van der Waals surface area contributed by atoms with E-state index in [1.54, 1.807) is 18.2 Å². The molecule has 0 aromatic heterocycles. The molecule has 4 N–H and O–H groups in total. The van der Waals surface area contributed by atoms with Crippen molar-refractivity contribution in [1.82, 2.24) is 0 Å². The molecule has 0 fully saturated rings. The van der Waals surface area contributed by atoms with Crippen LogP contribution in [0.4, 0.5) is 11.4 Å². The zero-order valence-corrected chi connectivity index (χ0v) is 8.85. The third-order valence-corrected chi connectivity index (χ3v) is 2.35. The average molecular weight is 214 g/mol. The van der Waals surface area contributed by atoms with Gasteiger partial charge in [0, 0.05) is 12.2 Å². The number of benzene rings is 2. The van der Waals surface area contributed by atoms with Gasteiger partial charge < -0.3 is 16.2 Å².